The van der Waals surface area contributed by atoms with Gasteiger partial charge in [0.15, 0.2) is 23.3 Å². The van der Waals surface area contributed by atoms with E-state index in [1.165, 1.54) is 0 Å². The van der Waals surface area contributed by atoms with Gasteiger partial charge in [-0.15, -0.1) is 0 Å². The van der Waals surface area contributed by atoms with Crippen molar-refractivity contribution in [1.29, 1.82) is 16.2 Å². The van der Waals surface area contributed by atoms with Crippen LogP contribution in [-0.2, 0) is 0 Å². The van der Waals surface area contributed by atoms with Gasteiger partial charge in [0, 0.05) is 0 Å². The number of rotatable bonds is 0. The largest absolute Gasteiger partial charge is 0.298 e. The van der Waals surface area contributed by atoms with Gasteiger partial charge in [-0.2, -0.15) is 0 Å². The van der Waals surface area contributed by atoms with E-state index in [2.05, 4.69) is 17.2 Å². The fourth-order valence-corrected chi connectivity index (χ4v) is 1.87. The molecule has 0 saturated heterocycles. The van der Waals surface area contributed by atoms with E-state index >= 15 is 0 Å². The third-order valence-electron chi connectivity index (χ3n) is 2.59. The molecule has 0 radical (unpaired) electrons. The number of nitrogens with one attached hydrogen (secondary N) is 3. The minimum absolute atomic E-state index is 0.899. The van der Waals surface area contributed by atoms with E-state index in [0.717, 1.165) is 0 Å². The van der Waals surface area contributed by atoms with Gasteiger partial charge < -0.3 is 0 Å². The Morgan fingerprint density at radius 3 is 1.68 bits per heavy atom. The van der Waals surface area contributed by atoms with Crippen LogP contribution >= 0.6 is 12.8 Å². The van der Waals surface area contributed by atoms with Gasteiger partial charge in [0.2, 0.25) is 0 Å². The van der Waals surface area contributed by atoms with Crippen LogP contribution in [0.3, 0.4) is 0 Å². The molecule has 2 aliphatic rings. The first-order valence-electron chi connectivity index (χ1n) is 4.68. The Hall–Kier alpha value is -2.03. The van der Waals surface area contributed by atoms with Crippen molar-refractivity contribution in [2.24, 2.45) is 4.40 Å². The Balaban J connectivity index is 3.56. The van der Waals surface area contributed by atoms with Gasteiger partial charge >= 0.3 is 0 Å². The highest BCUT2D eigenvalue weighted by Crippen LogP contribution is 2.05. The molecule has 0 fully saturated rings. The summed E-state index contributed by atoms with van der Waals surface area (Å²) in [6.07, 6.45) is 0. The predicted octanol–water partition coefficient (Wildman–Crippen LogP) is 0.0273. The van der Waals surface area contributed by atoms with Crippen molar-refractivity contribution < 1.29 is 17.6 Å². The molecular weight excluding hydrogens is 284 g/mol. The van der Waals surface area contributed by atoms with Gasteiger partial charge in [-0.05, 0) is 12.8 Å². The molecule has 0 spiro atoms. The molecule has 0 aromatic rings. The summed E-state index contributed by atoms with van der Waals surface area (Å²) in [6, 6.07) is 0. The van der Waals surface area contributed by atoms with E-state index in [-0.39, 0.29) is 0 Å². The maximum absolute atomic E-state index is 13.7. The molecule has 19 heavy (non-hydrogen) atoms. The Kier molecular flexibility index (Phi) is 3.01. The van der Waals surface area contributed by atoms with Crippen LogP contribution in [-0.4, -0.2) is 0 Å². The summed E-state index contributed by atoms with van der Waals surface area (Å²) in [5.41, 5.74) is 0. The maximum Gasteiger partial charge on any atom is 0.188 e. The van der Waals surface area contributed by atoms with E-state index in [0.29, 0.717) is 0 Å². The average Bonchev–Trinajstić information content (AvgIpc) is 2.38. The lowest BCUT2D eigenvalue weighted by molar-refractivity contribution is 0.467. The Morgan fingerprint density at radius 2 is 1.16 bits per heavy atom. The zero-order chi connectivity index (χ0) is 14.5. The highest BCUT2D eigenvalue weighted by molar-refractivity contribution is 7.78. The van der Waals surface area contributed by atoms with Crippen LogP contribution in [0, 0.1) is 49.9 Å². The first-order chi connectivity index (χ1) is 8.82. The van der Waals surface area contributed by atoms with Crippen molar-refractivity contribution in [2.75, 3.05) is 0 Å². The van der Waals surface area contributed by atoms with Crippen LogP contribution in [0.15, 0.2) is 4.40 Å². The zero-order valence-electron chi connectivity index (χ0n) is 8.91. The molecule has 2 aliphatic carbocycles. The summed E-state index contributed by atoms with van der Waals surface area (Å²) in [6.45, 7) is 0. The van der Waals surface area contributed by atoms with Gasteiger partial charge in [-0.25, -0.2) is 22.0 Å². The molecule has 0 aliphatic heterocycles. The molecule has 0 heterocycles. The fraction of sp³-hybridized carbons (Fsp3) is 0. The quantitative estimate of drug-likeness (QED) is 0.389. The average molecular weight is 288 g/mol. The van der Waals surface area contributed by atoms with Crippen LogP contribution < -0.4 is 21.4 Å². The number of thiol groups is 1. The van der Waals surface area contributed by atoms with Crippen LogP contribution in [0.4, 0.5) is 17.6 Å². The molecule has 2 rings (SSSR count). The third kappa shape index (κ3) is 1.61. The summed E-state index contributed by atoms with van der Waals surface area (Å²) in [4.78, 5) is 0. The Bertz CT molecular complexity index is 975. The first-order valence-corrected chi connectivity index (χ1v) is 5.08. The van der Waals surface area contributed by atoms with Gasteiger partial charge in [-0.1, -0.05) is 0 Å². The van der Waals surface area contributed by atoms with Crippen LogP contribution in [0.1, 0.15) is 0 Å². The molecule has 0 aromatic heterocycles. The number of hydrogen-bond donors (Lipinski definition) is 4. The lowest BCUT2D eigenvalue weighted by Gasteiger charge is -2.01. The summed E-state index contributed by atoms with van der Waals surface area (Å²) >= 11 is 3.33. The lowest BCUT2D eigenvalue weighted by atomic mass is 10.1. The minimum atomic E-state index is -1.71. The van der Waals surface area contributed by atoms with Gasteiger partial charge in [0.05, 0.1) is 21.2 Å². The van der Waals surface area contributed by atoms with Crippen molar-refractivity contribution in [3.8, 4) is 0 Å². The van der Waals surface area contributed by atoms with Gasteiger partial charge in [0.1, 0.15) is 10.7 Å². The van der Waals surface area contributed by atoms with Crippen molar-refractivity contribution in [3.63, 3.8) is 0 Å². The van der Waals surface area contributed by atoms with Crippen molar-refractivity contribution in [2.45, 2.75) is 0 Å². The van der Waals surface area contributed by atoms with Crippen molar-refractivity contribution in [3.05, 3.63) is 55.1 Å². The first kappa shape index (κ1) is 13.4. The molecule has 4 nitrogen and oxygen atoms in total. The zero-order valence-corrected chi connectivity index (χ0v) is 9.80. The standard InChI is InChI=1S/C10H4F4N4S/c11-3-2-1(7(15)9(17)5(3)13)4(12)6(14)10(18-19)8(2)16/h15-17,19H. The molecule has 0 atom stereocenters. The summed E-state index contributed by atoms with van der Waals surface area (Å²) < 4.78 is 57.3. The molecule has 0 amide bonds. The second-order valence-corrected chi connectivity index (χ2v) is 3.78. The molecule has 3 N–H and O–H groups in total. The summed E-state index contributed by atoms with van der Waals surface area (Å²) in [7, 11) is 0. The van der Waals surface area contributed by atoms with Crippen molar-refractivity contribution in [1.82, 2.24) is 0 Å². The van der Waals surface area contributed by atoms with Crippen molar-refractivity contribution >= 4 is 12.8 Å². The highest BCUT2D eigenvalue weighted by Gasteiger charge is 2.19. The Morgan fingerprint density at radius 1 is 0.684 bits per heavy atom. The topological polar surface area (TPSA) is 83.9 Å². The third-order valence-corrected chi connectivity index (χ3v) is 2.79. The van der Waals surface area contributed by atoms with Gasteiger partial charge in [0.25, 0.3) is 0 Å². The summed E-state index contributed by atoms with van der Waals surface area (Å²) in [5, 5.41) is 16.0. The molecular formula is C10H4F4N4S. The van der Waals surface area contributed by atoms with E-state index < -0.39 is 55.1 Å². The van der Waals surface area contributed by atoms with E-state index in [1.807, 2.05) is 0 Å². The van der Waals surface area contributed by atoms with E-state index in [1.54, 1.807) is 0 Å². The number of halogens is 4. The maximum atomic E-state index is 13.7. The Labute approximate surface area is 107 Å². The van der Waals surface area contributed by atoms with E-state index in [4.69, 9.17) is 16.2 Å². The SMILES string of the molecule is N=c1c(F)c(F)c2c(=N)c(=NS)c(F)c(F)c=2c1=N. The summed E-state index contributed by atoms with van der Waals surface area (Å²) in [5.74, 6) is -6.68. The second-order valence-electron chi connectivity index (χ2n) is 3.58. The smallest absolute Gasteiger partial charge is 0.188 e. The normalized spacial score (nSPS) is 12.4. The van der Waals surface area contributed by atoms with E-state index in [9.17, 15) is 17.6 Å². The minimum Gasteiger partial charge on any atom is -0.298 e. The molecule has 9 heteroatoms. The van der Waals surface area contributed by atoms with Gasteiger partial charge in [-0.3, -0.25) is 16.2 Å². The molecule has 0 bridgehead atoms. The number of hydrogen-bond acceptors (Lipinski definition) is 5. The lowest BCUT2D eigenvalue weighted by Crippen LogP contribution is -2.38. The second kappa shape index (κ2) is 4.26. The fourth-order valence-electron chi connectivity index (χ4n) is 1.68. The monoisotopic (exact) mass is 288 g/mol. The van der Waals surface area contributed by atoms with Crippen LogP contribution in [0.25, 0.3) is 0 Å². The molecule has 0 saturated carbocycles. The van der Waals surface area contributed by atoms with Crippen LogP contribution in [0.2, 0.25) is 0 Å². The van der Waals surface area contributed by atoms with Crippen LogP contribution in [0.5, 0.6) is 0 Å². The molecule has 98 valence electrons. The number of nitrogens with zero attached hydrogens (tertiary/aromatic N) is 1. The molecule has 0 aromatic carbocycles. The highest BCUT2D eigenvalue weighted by atomic mass is 32.1. The predicted molar refractivity (Wildman–Crippen MR) is 56.1 cm³/mol. The molecule has 0 unspecified atom stereocenters.